The second-order valence-electron chi connectivity index (χ2n) is 7.30. The lowest BCUT2D eigenvalue weighted by Gasteiger charge is -2.22. The summed E-state index contributed by atoms with van der Waals surface area (Å²) in [6.07, 6.45) is 10.9. The van der Waals surface area contributed by atoms with Crippen molar-refractivity contribution < 1.29 is 9.84 Å². The molecule has 0 bridgehead atoms. The van der Waals surface area contributed by atoms with E-state index >= 15 is 0 Å². The van der Waals surface area contributed by atoms with Crippen LogP contribution in [0.25, 0.3) is 0 Å². The minimum Gasteiger partial charge on any atom is -0.492 e. The highest BCUT2D eigenvalue weighted by Crippen LogP contribution is 2.33. The van der Waals surface area contributed by atoms with Gasteiger partial charge >= 0.3 is 0 Å². The largest absolute Gasteiger partial charge is 0.492 e. The van der Waals surface area contributed by atoms with Gasteiger partial charge in [-0.3, -0.25) is 5.41 Å². The summed E-state index contributed by atoms with van der Waals surface area (Å²) in [7, 11) is 0. The van der Waals surface area contributed by atoms with Crippen molar-refractivity contribution >= 4 is 28.1 Å². The Bertz CT molecular complexity index is 971. The average molecular weight is 425 g/mol. The Morgan fingerprint density at radius 1 is 1.10 bits per heavy atom. The van der Waals surface area contributed by atoms with Crippen LogP contribution in [0.1, 0.15) is 37.7 Å². The van der Waals surface area contributed by atoms with Crippen LogP contribution in [0.15, 0.2) is 43.0 Å². The first-order valence-electron chi connectivity index (χ1n) is 10.0. The predicted molar refractivity (Wildman–Crippen MR) is 117 cm³/mol. The summed E-state index contributed by atoms with van der Waals surface area (Å²) in [5, 5.41) is 25.6. The van der Waals surface area contributed by atoms with Gasteiger partial charge in [0.1, 0.15) is 28.5 Å². The zero-order chi connectivity index (χ0) is 20.8. The Morgan fingerprint density at radius 3 is 2.57 bits per heavy atom. The minimum absolute atomic E-state index is 0.132. The molecule has 30 heavy (non-hydrogen) atoms. The summed E-state index contributed by atoms with van der Waals surface area (Å²) in [4.78, 5) is 7.85. The number of benzene rings is 1. The molecule has 0 aliphatic heterocycles. The Hall–Kier alpha value is -3.20. The van der Waals surface area contributed by atoms with E-state index in [4.69, 9.17) is 10.1 Å². The third kappa shape index (κ3) is 5.04. The first-order valence-corrected chi connectivity index (χ1v) is 10.8. The summed E-state index contributed by atoms with van der Waals surface area (Å²) in [6, 6.07) is 7.36. The predicted octanol–water partition coefficient (Wildman–Crippen LogP) is 4.67. The summed E-state index contributed by atoms with van der Waals surface area (Å²) < 4.78 is 9.71. The Kier molecular flexibility index (Phi) is 6.38. The number of nitrogens with one attached hydrogen (secondary N) is 3. The lowest BCUT2D eigenvalue weighted by Crippen LogP contribution is -2.30. The van der Waals surface area contributed by atoms with Crippen LogP contribution in [0.2, 0.25) is 0 Å². The van der Waals surface area contributed by atoms with Gasteiger partial charge in [-0.1, -0.05) is 19.3 Å². The summed E-state index contributed by atoms with van der Waals surface area (Å²) in [5.41, 5.74) is 1.20. The fourth-order valence-electron chi connectivity index (χ4n) is 3.53. The molecular formula is C21H24N6O2S. The highest BCUT2D eigenvalue weighted by atomic mass is 32.1. The molecule has 1 aliphatic rings. The van der Waals surface area contributed by atoms with E-state index in [1.165, 1.54) is 38.4 Å². The smallest absolute Gasteiger partial charge is 0.236 e. The Morgan fingerprint density at radius 2 is 1.83 bits per heavy atom. The number of hydrogen-bond acceptors (Lipinski definition) is 8. The van der Waals surface area contributed by atoms with Crippen LogP contribution in [0.5, 0.6) is 17.4 Å². The van der Waals surface area contributed by atoms with Crippen molar-refractivity contribution in [1.29, 1.82) is 5.41 Å². The zero-order valence-electron chi connectivity index (χ0n) is 16.5. The number of rotatable bonds is 7. The molecule has 1 aromatic carbocycles. The SMILES string of the molecule is N=C(NCC1CCCCC1)c1c(O)nsc1Nc1ccc(Oc2cncnc2)cc1. The monoisotopic (exact) mass is 424 g/mol. The lowest BCUT2D eigenvalue weighted by atomic mass is 9.89. The molecule has 0 saturated heterocycles. The molecule has 9 heteroatoms. The molecule has 0 spiro atoms. The number of amidine groups is 1. The maximum absolute atomic E-state index is 10.2. The molecular weight excluding hydrogens is 400 g/mol. The van der Waals surface area contributed by atoms with E-state index in [1.807, 2.05) is 24.3 Å². The molecule has 1 fully saturated rings. The Balaban J connectivity index is 1.39. The molecule has 0 radical (unpaired) electrons. The van der Waals surface area contributed by atoms with E-state index in [9.17, 15) is 5.11 Å². The molecule has 4 rings (SSSR count). The average Bonchev–Trinajstić information content (AvgIpc) is 3.15. The van der Waals surface area contributed by atoms with Crippen LogP contribution in [0, 0.1) is 11.3 Å². The van der Waals surface area contributed by atoms with Crippen LogP contribution in [0.3, 0.4) is 0 Å². The molecule has 2 heterocycles. The number of aromatic hydroxyl groups is 1. The summed E-state index contributed by atoms with van der Waals surface area (Å²) in [6.45, 7) is 0.753. The molecule has 0 unspecified atom stereocenters. The highest BCUT2D eigenvalue weighted by molar-refractivity contribution is 7.11. The van der Waals surface area contributed by atoms with Crippen molar-refractivity contribution in [2.24, 2.45) is 5.92 Å². The lowest BCUT2D eigenvalue weighted by molar-refractivity contribution is 0.356. The molecule has 156 valence electrons. The van der Waals surface area contributed by atoms with E-state index in [0.717, 1.165) is 23.8 Å². The van der Waals surface area contributed by atoms with Gasteiger partial charge in [-0.2, -0.15) is 4.37 Å². The quantitative estimate of drug-likeness (QED) is 0.322. The van der Waals surface area contributed by atoms with Gasteiger partial charge in [-0.05, 0) is 54.6 Å². The first-order chi connectivity index (χ1) is 14.7. The Labute approximate surface area is 179 Å². The normalized spacial score (nSPS) is 14.3. The number of aromatic nitrogens is 3. The molecule has 0 atom stereocenters. The van der Waals surface area contributed by atoms with Gasteiger partial charge in [-0.25, -0.2) is 9.97 Å². The van der Waals surface area contributed by atoms with Crippen molar-refractivity contribution in [3.05, 3.63) is 48.5 Å². The maximum Gasteiger partial charge on any atom is 0.236 e. The molecule has 8 nitrogen and oxygen atoms in total. The van der Waals surface area contributed by atoms with Gasteiger partial charge in [0.2, 0.25) is 5.88 Å². The van der Waals surface area contributed by atoms with Gasteiger partial charge in [-0.15, -0.1) is 0 Å². The topological polar surface area (TPSA) is 116 Å². The number of nitrogens with zero attached hydrogens (tertiary/aromatic N) is 3. The van der Waals surface area contributed by atoms with Gasteiger partial charge in [0, 0.05) is 12.2 Å². The zero-order valence-corrected chi connectivity index (χ0v) is 17.3. The number of ether oxygens (including phenoxy) is 1. The second-order valence-corrected chi connectivity index (χ2v) is 8.07. The first kappa shape index (κ1) is 20.1. The molecule has 4 N–H and O–H groups in total. The molecule has 1 saturated carbocycles. The third-order valence-electron chi connectivity index (χ3n) is 5.10. The molecule has 3 aromatic rings. The van der Waals surface area contributed by atoms with Crippen molar-refractivity contribution in [3.63, 3.8) is 0 Å². The van der Waals surface area contributed by atoms with E-state index in [-0.39, 0.29) is 11.7 Å². The van der Waals surface area contributed by atoms with E-state index in [0.29, 0.717) is 28.0 Å². The number of anilines is 2. The number of hydrogen-bond donors (Lipinski definition) is 4. The minimum atomic E-state index is -0.132. The van der Waals surface area contributed by atoms with Gasteiger partial charge in [0.05, 0.1) is 12.4 Å². The molecule has 2 aromatic heterocycles. The third-order valence-corrected chi connectivity index (χ3v) is 5.85. The van der Waals surface area contributed by atoms with Crippen molar-refractivity contribution in [3.8, 4) is 17.4 Å². The van der Waals surface area contributed by atoms with Crippen LogP contribution >= 0.6 is 11.5 Å². The standard InChI is InChI=1S/C21H24N6O2S/c22-19(25-10-14-4-2-1-3-5-14)18-20(28)27-30-21(18)26-15-6-8-16(9-7-15)29-17-11-23-13-24-12-17/h6-9,11-14,26H,1-5,10H2,(H2,22,25)(H,27,28). The molecule has 0 amide bonds. The fourth-order valence-corrected chi connectivity index (χ4v) is 4.25. The van der Waals surface area contributed by atoms with E-state index in [2.05, 4.69) is 25.0 Å². The highest BCUT2D eigenvalue weighted by Gasteiger charge is 2.20. The molecule has 1 aliphatic carbocycles. The van der Waals surface area contributed by atoms with E-state index in [1.54, 1.807) is 12.4 Å². The van der Waals surface area contributed by atoms with Crippen LogP contribution in [-0.4, -0.2) is 31.8 Å². The van der Waals surface area contributed by atoms with Crippen LogP contribution in [0.4, 0.5) is 10.7 Å². The van der Waals surface area contributed by atoms with Gasteiger partial charge < -0.3 is 20.5 Å². The summed E-state index contributed by atoms with van der Waals surface area (Å²) >= 11 is 1.13. The second kappa shape index (κ2) is 9.53. The maximum atomic E-state index is 10.2. The van der Waals surface area contributed by atoms with Crippen molar-refractivity contribution in [2.45, 2.75) is 32.1 Å². The van der Waals surface area contributed by atoms with Crippen molar-refractivity contribution in [1.82, 2.24) is 19.7 Å². The summed E-state index contributed by atoms with van der Waals surface area (Å²) in [5.74, 6) is 1.87. The van der Waals surface area contributed by atoms with Crippen LogP contribution in [-0.2, 0) is 0 Å². The van der Waals surface area contributed by atoms with Gasteiger partial charge in [0.15, 0.2) is 5.75 Å². The van der Waals surface area contributed by atoms with E-state index < -0.39 is 0 Å². The van der Waals surface area contributed by atoms with Crippen molar-refractivity contribution in [2.75, 3.05) is 11.9 Å². The van der Waals surface area contributed by atoms with Gasteiger partial charge in [0.25, 0.3) is 0 Å². The van der Waals surface area contributed by atoms with Crippen LogP contribution < -0.4 is 15.4 Å². The fraction of sp³-hybridized carbons (Fsp3) is 0.333.